The molecule has 1 heteroatoms. The van der Waals surface area contributed by atoms with Crippen molar-refractivity contribution in [1.29, 1.82) is 0 Å². The van der Waals surface area contributed by atoms with Gasteiger partial charge in [0.05, 0.1) is 0 Å². The summed E-state index contributed by atoms with van der Waals surface area (Å²) in [6, 6.07) is 0.775. The third kappa shape index (κ3) is 4.55. The second-order valence-corrected chi connectivity index (χ2v) is 4.96. The zero-order chi connectivity index (χ0) is 11.1. The van der Waals surface area contributed by atoms with Gasteiger partial charge in [-0.25, -0.2) is 0 Å². The summed E-state index contributed by atoms with van der Waals surface area (Å²) < 4.78 is 0. The van der Waals surface area contributed by atoms with E-state index in [0.717, 1.165) is 12.0 Å². The molecule has 0 aromatic carbocycles. The Balaban J connectivity index is 2.52. The first-order valence-electron chi connectivity index (χ1n) is 6.29. The van der Waals surface area contributed by atoms with Gasteiger partial charge in [0.15, 0.2) is 0 Å². The van der Waals surface area contributed by atoms with Crippen LogP contribution in [0.5, 0.6) is 0 Å². The van der Waals surface area contributed by atoms with Crippen LogP contribution in [0.2, 0.25) is 0 Å². The summed E-state index contributed by atoms with van der Waals surface area (Å²) in [4.78, 5) is 2.52. The van der Waals surface area contributed by atoms with Crippen LogP contribution in [0, 0.1) is 5.92 Å². The predicted molar refractivity (Wildman–Crippen MR) is 67.8 cm³/mol. The van der Waals surface area contributed by atoms with Crippen molar-refractivity contribution in [2.45, 2.75) is 52.0 Å². The molecule has 0 saturated heterocycles. The Hall–Kier alpha value is -0.720. The summed E-state index contributed by atoms with van der Waals surface area (Å²) in [7, 11) is 0. The van der Waals surface area contributed by atoms with E-state index in [9.17, 15) is 0 Å². The van der Waals surface area contributed by atoms with Crippen molar-refractivity contribution in [2.24, 2.45) is 5.92 Å². The highest BCUT2D eigenvalue weighted by Gasteiger charge is 2.18. The molecule has 0 unspecified atom stereocenters. The lowest BCUT2D eigenvalue weighted by Gasteiger charge is -2.34. The lowest BCUT2D eigenvalue weighted by atomic mass is 9.94. The largest absolute Gasteiger partial charge is 0.374 e. The van der Waals surface area contributed by atoms with Crippen LogP contribution in [0.3, 0.4) is 0 Å². The molecule has 1 saturated carbocycles. The fraction of sp³-hybridized carbons (Fsp3) is 0.714. The van der Waals surface area contributed by atoms with Crippen molar-refractivity contribution in [2.75, 3.05) is 6.54 Å². The van der Waals surface area contributed by atoms with E-state index in [4.69, 9.17) is 0 Å². The van der Waals surface area contributed by atoms with Crippen molar-refractivity contribution in [3.05, 3.63) is 24.9 Å². The van der Waals surface area contributed by atoms with E-state index in [1.54, 1.807) is 0 Å². The van der Waals surface area contributed by atoms with Gasteiger partial charge in [-0.05, 0) is 31.0 Å². The van der Waals surface area contributed by atoms with Gasteiger partial charge in [-0.3, -0.25) is 0 Å². The number of rotatable bonds is 5. The molecule has 1 rings (SSSR count). The van der Waals surface area contributed by atoms with Crippen molar-refractivity contribution in [1.82, 2.24) is 4.90 Å². The van der Waals surface area contributed by atoms with Gasteiger partial charge in [-0.2, -0.15) is 0 Å². The highest BCUT2D eigenvalue weighted by molar-refractivity contribution is 4.98. The molecular formula is C14H25N. The zero-order valence-corrected chi connectivity index (χ0v) is 10.3. The van der Waals surface area contributed by atoms with Gasteiger partial charge in [0.25, 0.3) is 0 Å². The molecule has 86 valence electrons. The lowest BCUT2D eigenvalue weighted by Crippen LogP contribution is -2.35. The highest BCUT2D eigenvalue weighted by atomic mass is 15.1. The quantitative estimate of drug-likeness (QED) is 0.616. The van der Waals surface area contributed by atoms with Crippen molar-refractivity contribution >= 4 is 0 Å². The van der Waals surface area contributed by atoms with Crippen LogP contribution in [0.1, 0.15) is 46.0 Å². The Kier molecular flexibility index (Phi) is 5.52. The summed E-state index contributed by atoms with van der Waals surface area (Å²) in [5, 5.41) is 0. The van der Waals surface area contributed by atoms with Gasteiger partial charge in [0.2, 0.25) is 0 Å². The number of hydrogen-bond acceptors (Lipinski definition) is 1. The lowest BCUT2D eigenvalue weighted by molar-refractivity contribution is 0.199. The van der Waals surface area contributed by atoms with E-state index in [1.165, 1.54) is 38.6 Å². The molecule has 0 atom stereocenters. The molecule has 0 heterocycles. The molecule has 0 spiro atoms. The van der Waals surface area contributed by atoms with E-state index < -0.39 is 0 Å². The monoisotopic (exact) mass is 207 g/mol. The van der Waals surface area contributed by atoms with Crippen LogP contribution in [0.15, 0.2) is 24.9 Å². The predicted octanol–water partition coefficient (Wildman–Crippen LogP) is 3.98. The van der Waals surface area contributed by atoms with Crippen LogP contribution < -0.4 is 0 Å². The van der Waals surface area contributed by atoms with E-state index >= 15 is 0 Å². The zero-order valence-electron chi connectivity index (χ0n) is 10.3. The third-order valence-electron chi connectivity index (χ3n) is 3.03. The standard InChI is InChI=1S/C14H25N/c1-4-5-11-15(12-13(2)3)14-9-7-6-8-10-14/h4-5,11,13-14H,1,6-10,12H2,2-3H3/b11-5+. The van der Waals surface area contributed by atoms with E-state index in [-0.39, 0.29) is 0 Å². The minimum absolute atomic E-state index is 0.737. The van der Waals surface area contributed by atoms with E-state index in [1.807, 2.05) is 6.08 Å². The number of nitrogens with zero attached hydrogens (tertiary/aromatic N) is 1. The summed E-state index contributed by atoms with van der Waals surface area (Å²) in [6.07, 6.45) is 13.1. The summed E-state index contributed by atoms with van der Waals surface area (Å²) in [5.41, 5.74) is 0. The second kappa shape index (κ2) is 6.71. The molecule has 0 amide bonds. The maximum absolute atomic E-state index is 3.74. The molecule has 1 fully saturated rings. The van der Waals surface area contributed by atoms with Crippen molar-refractivity contribution < 1.29 is 0 Å². The number of allylic oxidation sites excluding steroid dienone is 2. The van der Waals surface area contributed by atoms with Gasteiger partial charge in [-0.1, -0.05) is 45.8 Å². The fourth-order valence-electron chi connectivity index (χ4n) is 2.34. The van der Waals surface area contributed by atoms with Crippen molar-refractivity contribution in [3.8, 4) is 0 Å². The fourth-order valence-corrected chi connectivity index (χ4v) is 2.34. The Morgan fingerprint density at radius 3 is 2.47 bits per heavy atom. The van der Waals surface area contributed by atoms with Gasteiger partial charge in [0.1, 0.15) is 0 Å². The second-order valence-electron chi connectivity index (χ2n) is 4.96. The minimum atomic E-state index is 0.737. The molecule has 0 aromatic heterocycles. The Bertz CT molecular complexity index is 199. The Morgan fingerprint density at radius 2 is 1.93 bits per heavy atom. The maximum atomic E-state index is 3.74. The normalized spacial score (nSPS) is 18.6. The summed E-state index contributed by atoms with van der Waals surface area (Å²) in [6.45, 7) is 9.50. The van der Waals surface area contributed by atoms with Crippen LogP contribution in [0.25, 0.3) is 0 Å². The average Bonchev–Trinajstić information content (AvgIpc) is 2.25. The average molecular weight is 207 g/mol. The Morgan fingerprint density at radius 1 is 1.27 bits per heavy atom. The van der Waals surface area contributed by atoms with Crippen molar-refractivity contribution in [3.63, 3.8) is 0 Å². The maximum Gasteiger partial charge on any atom is 0.0284 e. The van der Waals surface area contributed by atoms with Gasteiger partial charge >= 0.3 is 0 Å². The molecule has 1 aliphatic rings. The van der Waals surface area contributed by atoms with E-state index in [0.29, 0.717) is 0 Å². The highest BCUT2D eigenvalue weighted by Crippen LogP contribution is 2.23. The first kappa shape index (κ1) is 12.4. The van der Waals surface area contributed by atoms with Crippen LogP contribution in [-0.2, 0) is 0 Å². The smallest absolute Gasteiger partial charge is 0.0284 e. The van der Waals surface area contributed by atoms with Crippen LogP contribution >= 0.6 is 0 Å². The SMILES string of the molecule is C=C/C=C/N(CC(C)C)C1CCCCC1. The first-order valence-corrected chi connectivity index (χ1v) is 6.29. The molecule has 1 aliphatic carbocycles. The number of hydrogen-bond donors (Lipinski definition) is 0. The molecular weight excluding hydrogens is 182 g/mol. The van der Waals surface area contributed by atoms with Crippen LogP contribution in [-0.4, -0.2) is 17.5 Å². The topological polar surface area (TPSA) is 3.24 Å². The molecule has 0 radical (unpaired) electrons. The molecule has 15 heavy (non-hydrogen) atoms. The van der Waals surface area contributed by atoms with Crippen LogP contribution in [0.4, 0.5) is 0 Å². The minimum Gasteiger partial charge on any atom is -0.374 e. The van der Waals surface area contributed by atoms with E-state index in [2.05, 4.69) is 37.6 Å². The van der Waals surface area contributed by atoms with Gasteiger partial charge < -0.3 is 4.90 Å². The summed E-state index contributed by atoms with van der Waals surface area (Å²) >= 11 is 0. The summed E-state index contributed by atoms with van der Waals surface area (Å²) in [5.74, 6) is 0.737. The molecule has 0 N–H and O–H groups in total. The first-order chi connectivity index (χ1) is 7.24. The molecule has 0 aromatic rings. The van der Waals surface area contributed by atoms with Gasteiger partial charge in [0, 0.05) is 12.6 Å². The molecule has 0 aliphatic heterocycles. The molecule has 1 nitrogen and oxygen atoms in total. The molecule has 0 bridgehead atoms. The Labute approximate surface area is 94.9 Å². The van der Waals surface area contributed by atoms with Gasteiger partial charge in [-0.15, -0.1) is 0 Å². The third-order valence-corrected chi connectivity index (χ3v) is 3.03.